The van der Waals surface area contributed by atoms with Crippen molar-refractivity contribution >= 4 is 50.3 Å². The van der Waals surface area contributed by atoms with Crippen LogP contribution in [0.4, 0.5) is 17.1 Å². The maximum Gasteiger partial charge on any atom is 0.341 e. The van der Waals surface area contributed by atoms with Gasteiger partial charge in [0.1, 0.15) is 10.6 Å². The van der Waals surface area contributed by atoms with Crippen molar-refractivity contribution in [2.75, 3.05) is 12.0 Å². The molecule has 3 rings (SSSR count). The van der Waals surface area contributed by atoms with Crippen LogP contribution in [0.25, 0.3) is 10.9 Å². The molecular weight excluding hydrogens is 494 g/mol. The van der Waals surface area contributed by atoms with Gasteiger partial charge in [0.25, 0.3) is 15.8 Å². The highest BCUT2D eigenvalue weighted by atomic mass is 32.2. The predicted octanol–water partition coefficient (Wildman–Crippen LogP) is 1.91. The lowest BCUT2D eigenvalue weighted by atomic mass is 10.1. The Hall–Kier alpha value is -4.90. The molecule has 0 spiro atoms. The van der Waals surface area contributed by atoms with Crippen molar-refractivity contribution < 1.29 is 42.6 Å². The number of phenols is 1. The Morgan fingerprint density at radius 1 is 1.20 bits per heavy atom. The Morgan fingerprint density at radius 3 is 2.51 bits per heavy atom. The molecular formula is C18H13N5O11S. The molecule has 0 aliphatic rings. The van der Waals surface area contributed by atoms with Crippen LogP contribution in [0.3, 0.4) is 0 Å². The van der Waals surface area contributed by atoms with Gasteiger partial charge in [0.15, 0.2) is 18.1 Å². The van der Waals surface area contributed by atoms with Gasteiger partial charge in [0, 0.05) is 29.3 Å². The molecule has 3 aromatic rings. The quantitative estimate of drug-likeness (QED) is 0.140. The molecule has 4 N–H and O–H groups in total. The highest BCUT2D eigenvalue weighted by Crippen LogP contribution is 2.36. The van der Waals surface area contributed by atoms with Crippen LogP contribution in [0.2, 0.25) is 0 Å². The molecule has 1 heterocycles. The second-order valence-electron chi connectivity index (χ2n) is 6.62. The van der Waals surface area contributed by atoms with E-state index in [1.165, 1.54) is 0 Å². The van der Waals surface area contributed by atoms with E-state index in [1.807, 2.05) is 0 Å². The number of aliphatic carboxylic acids is 1. The second kappa shape index (κ2) is 9.53. The predicted molar refractivity (Wildman–Crippen MR) is 117 cm³/mol. The lowest BCUT2D eigenvalue weighted by Gasteiger charge is -2.12. The van der Waals surface area contributed by atoms with Gasteiger partial charge in [0.05, 0.1) is 27.6 Å². The summed E-state index contributed by atoms with van der Waals surface area (Å²) in [6.45, 7) is -0.841. The zero-order chi connectivity index (χ0) is 25.9. The van der Waals surface area contributed by atoms with Crippen LogP contribution in [-0.2, 0) is 14.9 Å². The molecule has 182 valence electrons. The number of nitrogens with one attached hydrogen (secondary N) is 1. The van der Waals surface area contributed by atoms with Crippen molar-refractivity contribution in [3.05, 3.63) is 62.3 Å². The third-order valence-corrected chi connectivity index (χ3v) is 5.18. The highest BCUT2D eigenvalue weighted by Gasteiger charge is 2.20. The number of hydrogen-bond donors (Lipinski definition) is 4. The lowest BCUT2D eigenvalue weighted by Crippen LogP contribution is -2.10. The number of ether oxygens (including phenoxy) is 1. The smallest absolute Gasteiger partial charge is 0.341 e. The molecule has 0 aliphatic carbocycles. The normalized spacial score (nSPS) is 11.5. The van der Waals surface area contributed by atoms with Gasteiger partial charge >= 0.3 is 11.7 Å². The largest absolute Gasteiger partial charge is 0.504 e. The zero-order valence-corrected chi connectivity index (χ0v) is 17.9. The SMILES string of the molecule is O=C(O)COc1cc2ncc(S(=O)(=O)O)cc2c(/C=N/Nc2ccc([N+](=O)[O-])cc2[N+](=O)[O-])c1O. The van der Waals surface area contributed by atoms with Crippen LogP contribution in [0.15, 0.2) is 46.5 Å². The maximum atomic E-state index is 11.5. The molecule has 1 aromatic heterocycles. The van der Waals surface area contributed by atoms with E-state index in [9.17, 15) is 43.1 Å². The maximum absolute atomic E-state index is 11.5. The van der Waals surface area contributed by atoms with Gasteiger partial charge in [0.2, 0.25) is 0 Å². The molecule has 16 nitrogen and oxygen atoms in total. The number of carboxylic acid groups (broad SMARTS) is 1. The first-order valence-corrected chi connectivity index (χ1v) is 10.5. The summed E-state index contributed by atoms with van der Waals surface area (Å²) in [6.07, 6.45) is 1.71. The molecule has 17 heteroatoms. The summed E-state index contributed by atoms with van der Waals surface area (Å²) in [6, 6.07) is 4.78. The summed E-state index contributed by atoms with van der Waals surface area (Å²) in [4.78, 5) is 34.5. The van der Waals surface area contributed by atoms with Crippen LogP contribution in [0.5, 0.6) is 11.5 Å². The minimum Gasteiger partial charge on any atom is -0.504 e. The van der Waals surface area contributed by atoms with Crippen molar-refractivity contribution in [3.8, 4) is 11.5 Å². The molecule has 0 amide bonds. The van der Waals surface area contributed by atoms with Crippen LogP contribution in [-0.4, -0.2) is 56.8 Å². The fourth-order valence-corrected chi connectivity index (χ4v) is 3.26. The van der Waals surface area contributed by atoms with Gasteiger partial charge in [-0.25, -0.2) is 4.79 Å². The van der Waals surface area contributed by atoms with E-state index in [4.69, 9.17) is 9.84 Å². The van der Waals surface area contributed by atoms with Gasteiger partial charge in [-0.2, -0.15) is 13.5 Å². The number of carboxylic acids is 1. The van der Waals surface area contributed by atoms with E-state index in [-0.39, 0.29) is 27.9 Å². The number of rotatable bonds is 9. The zero-order valence-electron chi connectivity index (χ0n) is 17.1. The molecule has 0 unspecified atom stereocenters. The number of carbonyl (C=O) groups is 1. The summed E-state index contributed by atoms with van der Waals surface area (Å²) < 4.78 is 37.3. The first-order valence-electron chi connectivity index (χ1n) is 9.08. The number of benzene rings is 2. The number of pyridine rings is 1. The monoisotopic (exact) mass is 507 g/mol. The Bertz CT molecular complexity index is 1500. The van der Waals surface area contributed by atoms with Crippen LogP contribution in [0, 0.1) is 20.2 Å². The first kappa shape index (κ1) is 24.7. The number of non-ortho nitro benzene ring substituents is 1. The molecule has 0 saturated heterocycles. The second-order valence-corrected chi connectivity index (χ2v) is 8.04. The topological polar surface area (TPSA) is 245 Å². The van der Waals surface area contributed by atoms with E-state index < -0.39 is 54.6 Å². The molecule has 0 aliphatic heterocycles. The summed E-state index contributed by atoms with van der Waals surface area (Å²) in [5.41, 5.74) is 0.572. The van der Waals surface area contributed by atoms with Crippen LogP contribution < -0.4 is 10.2 Å². The van der Waals surface area contributed by atoms with Gasteiger partial charge in [-0.3, -0.25) is 35.2 Å². The first-order chi connectivity index (χ1) is 16.4. The number of fused-ring (bicyclic) bond motifs is 1. The molecule has 2 aromatic carbocycles. The van der Waals surface area contributed by atoms with E-state index in [0.29, 0.717) is 6.07 Å². The Kier molecular flexibility index (Phi) is 6.74. The number of hydrazone groups is 1. The van der Waals surface area contributed by atoms with E-state index >= 15 is 0 Å². The van der Waals surface area contributed by atoms with Gasteiger partial charge in [-0.05, 0) is 12.1 Å². The van der Waals surface area contributed by atoms with Crippen LogP contribution >= 0.6 is 0 Å². The third kappa shape index (κ3) is 5.54. The number of nitro groups is 2. The average Bonchev–Trinajstić information content (AvgIpc) is 2.78. The molecule has 0 atom stereocenters. The number of aromatic hydroxyl groups is 1. The summed E-state index contributed by atoms with van der Waals surface area (Å²) in [5, 5.41) is 45.2. The highest BCUT2D eigenvalue weighted by molar-refractivity contribution is 7.85. The Morgan fingerprint density at radius 2 is 1.91 bits per heavy atom. The van der Waals surface area contributed by atoms with Gasteiger partial charge < -0.3 is 14.9 Å². The Balaban J connectivity index is 2.10. The fourth-order valence-electron chi connectivity index (χ4n) is 2.81. The molecule has 0 fully saturated rings. The summed E-state index contributed by atoms with van der Waals surface area (Å²) >= 11 is 0. The van der Waals surface area contributed by atoms with Crippen molar-refractivity contribution in [3.63, 3.8) is 0 Å². The number of aromatic nitrogens is 1. The fraction of sp³-hybridized carbons (Fsp3) is 0.0556. The molecule has 0 saturated carbocycles. The van der Waals surface area contributed by atoms with Crippen molar-refractivity contribution in [1.29, 1.82) is 0 Å². The number of anilines is 1. The number of phenolic OH excluding ortho intramolecular Hbond substituents is 1. The minimum absolute atomic E-state index is 0.0124. The van der Waals surface area contributed by atoms with Gasteiger partial charge in [-0.15, -0.1) is 0 Å². The summed E-state index contributed by atoms with van der Waals surface area (Å²) in [7, 11) is -4.69. The van der Waals surface area contributed by atoms with E-state index in [0.717, 1.165) is 36.7 Å². The lowest BCUT2D eigenvalue weighted by molar-refractivity contribution is -0.393. The molecule has 0 bridgehead atoms. The minimum atomic E-state index is -4.69. The van der Waals surface area contributed by atoms with Crippen molar-refractivity contribution in [2.24, 2.45) is 5.10 Å². The molecule has 0 radical (unpaired) electrons. The van der Waals surface area contributed by atoms with Crippen molar-refractivity contribution in [1.82, 2.24) is 4.98 Å². The third-order valence-electron chi connectivity index (χ3n) is 4.36. The number of nitrogens with zero attached hydrogens (tertiary/aromatic N) is 4. The molecule has 35 heavy (non-hydrogen) atoms. The van der Waals surface area contributed by atoms with E-state index in [2.05, 4.69) is 15.5 Å². The van der Waals surface area contributed by atoms with Crippen LogP contribution in [0.1, 0.15) is 5.56 Å². The number of hydrogen-bond acceptors (Lipinski definition) is 12. The number of nitro benzene ring substituents is 2. The Labute approximate surface area is 194 Å². The average molecular weight is 507 g/mol. The summed E-state index contributed by atoms with van der Waals surface area (Å²) in [5.74, 6) is -2.40. The van der Waals surface area contributed by atoms with Gasteiger partial charge in [-0.1, -0.05) is 0 Å². The van der Waals surface area contributed by atoms with E-state index in [1.54, 1.807) is 0 Å². The van der Waals surface area contributed by atoms with Crippen molar-refractivity contribution in [2.45, 2.75) is 4.90 Å². The standard InChI is InChI=1S/C18H13N5O11S/c24-17(25)8-34-16-5-14-11(4-10(6-19-14)35(31,32)33)12(18(16)26)7-20-21-13-2-1-9(22(27)28)3-15(13)23(29)30/h1-7,21,26H,8H2,(H,24,25)(H,31,32,33)/b20-7+.